The largest absolute Gasteiger partial charge is 0.392 e. The van der Waals surface area contributed by atoms with Crippen molar-refractivity contribution in [3.8, 4) is 0 Å². The summed E-state index contributed by atoms with van der Waals surface area (Å²) in [7, 11) is 0. The lowest BCUT2D eigenvalue weighted by Crippen LogP contribution is -2.58. The lowest BCUT2D eigenvalue weighted by atomic mass is 10.1. The number of carbonyl (C=O) groups is 2. The molecule has 1 saturated heterocycles. The quantitative estimate of drug-likeness (QED) is 0.802. The molecule has 0 bridgehead atoms. The third-order valence-electron chi connectivity index (χ3n) is 3.19. The van der Waals surface area contributed by atoms with Crippen molar-refractivity contribution in [2.75, 3.05) is 11.4 Å². The first-order valence-electron chi connectivity index (χ1n) is 6.17. The molecule has 0 aliphatic carbocycles. The Bertz CT molecular complexity index is 540. The summed E-state index contributed by atoms with van der Waals surface area (Å²) >= 11 is 0. The summed E-state index contributed by atoms with van der Waals surface area (Å²) in [5, 5.41) is 11.0. The minimum Gasteiger partial charge on any atom is -0.392 e. The van der Waals surface area contributed by atoms with E-state index in [0.29, 0.717) is 6.42 Å². The van der Waals surface area contributed by atoms with E-state index in [9.17, 15) is 18.4 Å². The number of nitrogens with one attached hydrogen (secondary N) is 1. The molecule has 2 N–H and O–H groups in total. The average Bonchev–Trinajstić information content (AvgIpc) is 2.37. The highest BCUT2D eigenvalue weighted by molar-refractivity contribution is 6.04. The van der Waals surface area contributed by atoms with E-state index in [1.807, 2.05) is 0 Å². The minimum absolute atomic E-state index is 0.0876. The number of anilines is 1. The molecule has 1 unspecified atom stereocenters. The molecular weight excluding hydrogens is 270 g/mol. The Kier molecular flexibility index (Phi) is 3.99. The standard InChI is InChI=1S/C13H14F2N2O3/c1-2-10-13(20)16-11(19)5-17(10)12-8(14)3-7(6-18)4-9(12)15/h3-4,10,18H,2,5-6H2,1H3,(H,16,19,20). The van der Waals surface area contributed by atoms with Gasteiger partial charge in [0, 0.05) is 0 Å². The zero-order valence-corrected chi connectivity index (χ0v) is 10.8. The van der Waals surface area contributed by atoms with Crippen molar-refractivity contribution in [2.45, 2.75) is 26.0 Å². The molecule has 1 heterocycles. The maximum Gasteiger partial charge on any atom is 0.249 e. The second-order valence-electron chi connectivity index (χ2n) is 4.53. The summed E-state index contributed by atoms with van der Waals surface area (Å²) in [6, 6.07) is 1.17. The van der Waals surface area contributed by atoms with Gasteiger partial charge in [0.1, 0.15) is 23.4 Å². The van der Waals surface area contributed by atoms with E-state index >= 15 is 0 Å². The SMILES string of the molecule is CCC1C(=O)NC(=O)CN1c1c(F)cc(CO)cc1F. The normalized spacial score (nSPS) is 19.2. The van der Waals surface area contributed by atoms with Crippen molar-refractivity contribution in [3.05, 3.63) is 29.3 Å². The highest BCUT2D eigenvalue weighted by Gasteiger charge is 2.35. The van der Waals surface area contributed by atoms with Gasteiger partial charge in [-0.3, -0.25) is 14.9 Å². The molecule has 0 radical (unpaired) electrons. The van der Waals surface area contributed by atoms with Crippen LogP contribution in [0, 0.1) is 11.6 Å². The van der Waals surface area contributed by atoms with Gasteiger partial charge in [-0.2, -0.15) is 0 Å². The molecule has 108 valence electrons. The first kappa shape index (κ1) is 14.4. The predicted octanol–water partition coefficient (Wildman–Crippen LogP) is 0.698. The van der Waals surface area contributed by atoms with E-state index in [0.717, 1.165) is 17.0 Å². The molecule has 1 aliphatic heterocycles. The van der Waals surface area contributed by atoms with Crippen LogP contribution in [0.5, 0.6) is 0 Å². The number of carbonyl (C=O) groups excluding carboxylic acids is 2. The molecular formula is C13H14F2N2O3. The molecule has 7 heteroatoms. The molecule has 1 aromatic carbocycles. The molecule has 0 aromatic heterocycles. The van der Waals surface area contributed by atoms with Crippen LogP contribution in [-0.2, 0) is 16.2 Å². The second kappa shape index (κ2) is 5.54. The van der Waals surface area contributed by atoms with E-state index in [-0.39, 0.29) is 12.1 Å². The van der Waals surface area contributed by atoms with E-state index in [1.54, 1.807) is 6.92 Å². The van der Waals surface area contributed by atoms with Crippen molar-refractivity contribution >= 4 is 17.5 Å². The van der Waals surface area contributed by atoms with Gasteiger partial charge in [0.25, 0.3) is 0 Å². The van der Waals surface area contributed by atoms with Crippen LogP contribution in [0.4, 0.5) is 14.5 Å². The Morgan fingerprint density at radius 1 is 1.35 bits per heavy atom. The molecule has 0 spiro atoms. The topological polar surface area (TPSA) is 69.6 Å². The van der Waals surface area contributed by atoms with Gasteiger partial charge in [-0.25, -0.2) is 8.78 Å². The van der Waals surface area contributed by atoms with Crippen LogP contribution in [0.25, 0.3) is 0 Å². The molecule has 1 fully saturated rings. The maximum atomic E-state index is 14.0. The number of hydrogen-bond acceptors (Lipinski definition) is 4. The monoisotopic (exact) mass is 284 g/mol. The highest BCUT2D eigenvalue weighted by atomic mass is 19.1. The summed E-state index contributed by atoms with van der Waals surface area (Å²) in [4.78, 5) is 24.2. The van der Waals surface area contributed by atoms with Crippen LogP contribution in [0.3, 0.4) is 0 Å². The number of hydrogen-bond donors (Lipinski definition) is 2. The van der Waals surface area contributed by atoms with E-state index < -0.39 is 41.8 Å². The number of rotatable bonds is 3. The summed E-state index contributed by atoms with van der Waals surface area (Å²) in [5.74, 6) is -3.00. The van der Waals surface area contributed by atoms with E-state index in [2.05, 4.69) is 5.32 Å². The predicted molar refractivity (Wildman–Crippen MR) is 66.9 cm³/mol. The number of benzene rings is 1. The van der Waals surface area contributed by atoms with Crippen molar-refractivity contribution in [1.82, 2.24) is 5.32 Å². The lowest BCUT2D eigenvalue weighted by molar-refractivity contribution is -0.132. The van der Waals surface area contributed by atoms with E-state index in [4.69, 9.17) is 5.11 Å². The van der Waals surface area contributed by atoms with Crippen LogP contribution in [0.1, 0.15) is 18.9 Å². The molecule has 1 aromatic rings. The number of halogens is 2. The van der Waals surface area contributed by atoms with Gasteiger partial charge in [0.05, 0.1) is 13.2 Å². The third-order valence-corrected chi connectivity index (χ3v) is 3.19. The number of piperazine rings is 1. The van der Waals surface area contributed by atoms with Gasteiger partial charge in [0.2, 0.25) is 11.8 Å². The fourth-order valence-corrected chi connectivity index (χ4v) is 2.29. The summed E-state index contributed by atoms with van der Waals surface area (Å²) in [5.41, 5.74) is -0.332. The Hall–Kier alpha value is -2.02. The van der Waals surface area contributed by atoms with Crippen LogP contribution in [-0.4, -0.2) is 29.5 Å². The first-order chi connectivity index (χ1) is 9.47. The molecule has 2 amide bonds. The maximum absolute atomic E-state index is 14.0. The van der Waals surface area contributed by atoms with Crippen LogP contribution in [0.15, 0.2) is 12.1 Å². The van der Waals surface area contributed by atoms with Gasteiger partial charge in [0.15, 0.2) is 0 Å². The van der Waals surface area contributed by atoms with Gasteiger partial charge < -0.3 is 10.0 Å². The van der Waals surface area contributed by atoms with Crippen LogP contribution in [0.2, 0.25) is 0 Å². The summed E-state index contributed by atoms with van der Waals surface area (Å²) in [6.07, 6.45) is 0.305. The molecule has 5 nitrogen and oxygen atoms in total. The minimum atomic E-state index is -0.907. The van der Waals surface area contributed by atoms with Crippen molar-refractivity contribution in [2.24, 2.45) is 0 Å². The zero-order valence-electron chi connectivity index (χ0n) is 10.8. The van der Waals surface area contributed by atoms with Gasteiger partial charge >= 0.3 is 0 Å². The Morgan fingerprint density at radius 2 is 1.95 bits per heavy atom. The molecule has 1 aliphatic rings. The number of nitrogens with zero attached hydrogens (tertiary/aromatic N) is 1. The average molecular weight is 284 g/mol. The van der Waals surface area contributed by atoms with Gasteiger partial charge in [-0.1, -0.05) is 6.92 Å². The van der Waals surface area contributed by atoms with Gasteiger partial charge in [-0.05, 0) is 24.1 Å². The number of aliphatic hydroxyl groups is 1. The second-order valence-corrected chi connectivity index (χ2v) is 4.53. The molecule has 20 heavy (non-hydrogen) atoms. The fourth-order valence-electron chi connectivity index (χ4n) is 2.29. The number of aliphatic hydroxyl groups excluding tert-OH is 1. The van der Waals surface area contributed by atoms with Crippen LogP contribution >= 0.6 is 0 Å². The van der Waals surface area contributed by atoms with Crippen LogP contribution < -0.4 is 10.2 Å². The fraction of sp³-hybridized carbons (Fsp3) is 0.385. The Labute approximate surface area is 114 Å². The molecule has 2 rings (SSSR count). The summed E-state index contributed by atoms with van der Waals surface area (Å²) < 4.78 is 28.0. The molecule has 0 saturated carbocycles. The number of amides is 2. The zero-order chi connectivity index (χ0) is 14.9. The first-order valence-corrected chi connectivity index (χ1v) is 6.17. The molecule has 1 atom stereocenters. The third kappa shape index (κ3) is 2.49. The Morgan fingerprint density at radius 3 is 2.45 bits per heavy atom. The van der Waals surface area contributed by atoms with Crippen molar-refractivity contribution in [1.29, 1.82) is 0 Å². The lowest BCUT2D eigenvalue weighted by Gasteiger charge is -2.35. The Balaban J connectivity index is 2.48. The smallest absolute Gasteiger partial charge is 0.249 e. The van der Waals surface area contributed by atoms with Crippen molar-refractivity contribution in [3.63, 3.8) is 0 Å². The number of imide groups is 1. The van der Waals surface area contributed by atoms with Gasteiger partial charge in [-0.15, -0.1) is 0 Å². The highest BCUT2D eigenvalue weighted by Crippen LogP contribution is 2.28. The van der Waals surface area contributed by atoms with Crippen molar-refractivity contribution < 1.29 is 23.5 Å². The summed E-state index contributed by atoms with van der Waals surface area (Å²) in [6.45, 7) is 0.895. The van der Waals surface area contributed by atoms with E-state index in [1.165, 1.54) is 0 Å².